The number of terminal acetylenes is 1. The van der Waals surface area contributed by atoms with Gasteiger partial charge in [0, 0.05) is 23.0 Å². The van der Waals surface area contributed by atoms with E-state index in [0.29, 0.717) is 12.2 Å². The first-order valence-electron chi connectivity index (χ1n) is 8.10. The molecule has 124 valence electrons. The van der Waals surface area contributed by atoms with Gasteiger partial charge in [-0.1, -0.05) is 23.7 Å². The molecule has 5 heteroatoms. The summed E-state index contributed by atoms with van der Waals surface area (Å²) >= 11 is 6.15. The molecule has 2 aromatic rings. The molecule has 1 saturated carbocycles. The van der Waals surface area contributed by atoms with Crippen molar-refractivity contribution in [2.75, 3.05) is 6.54 Å². The van der Waals surface area contributed by atoms with Crippen LogP contribution in [0, 0.1) is 12.3 Å². The summed E-state index contributed by atoms with van der Waals surface area (Å²) in [5.74, 6) is 2.49. The highest BCUT2D eigenvalue weighted by atomic mass is 35.5. The molecule has 0 spiro atoms. The van der Waals surface area contributed by atoms with Crippen molar-refractivity contribution in [1.29, 1.82) is 0 Å². The summed E-state index contributed by atoms with van der Waals surface area (Å²) in [5, 5.41) is 5.01. The first kappa shape index (κ1) is 16.8. The minimum Gasteiger partial charge on any atom is -0.330 e. The Kier molecular flexibility index (Phi) is 4.75. The fraction of sp³-hybridized carbons (Fsp3) is 0.368. The van der Waals surface area contributed by atoms with Crippen LogP contribution in [-0.2, 0) is 5.41 Å². The fourth-order valence-corrected chi connectivity index (χ4v) is 3.78. The number of nitrogens with two attached hydrogens (primary N) is 1. The van der Waals surface area contributed by atoms with E-state index in [1.165, 1.54) is 16.3 Å². The summed E-state index contributed by atoms with van der Waals surface area (Å²) in [6, 6.07) is 11.0. The second-order valence-electron chi connectivity index (χ2n) is 6.37. The summed E-state index contributed by atoms with van der Waals surface area (Å²) < 4.78 is 1.54. The van der Waals surface area contributed by atoms with Gasteiger partial charge in [0.15, 0.2) is 0 Å². The minimum absolute atomic E-state index is 0.0599. The van der Waals surface area contributed by atoms with Crippen LogP contribution < -0.4 is 11.3 Å². The van der Waals surface area contributed by atoms with Crippen LogP contribution in [0.4, 0.5) is 0 Å². The van der Waals surface area contributed by atoms with E-state index < -0.39 is 0 Å². The van der Waals surface area contributed by atoms with Gasteiger partial charge in [-0.15, -0.1) is 6.42 Å². The lowest BCUT2D eigenvalue weighted by molar-refractivity contribution is 0.221. The largest absolute Gasteiger partial charge is 0.330 e. The first-order valence-corrected chi connectivity index (χ1v) is 8.48. The number of hydrogen-bond acceptors (Lipinski definition) is 3. The normalized spacial score (nSPS) is 23.6. The standard InChI is InChI=1S/C19H20ClN3O/c1-2-16-6-7-18(24)23(22-16)17-8-10-19(13-21,11-9-17)14-4-3-5-15(20)12-14/h1,3-7,12,17H,8-11,13,21H2. The molecule has 1 aliphatic carbocycles. The highest BCUT2D eigenvalue weighted by molar-refractivity contribution is 6.30. The molecule has 0 unspecified atom stereocenters. The van der Waals surface area contributed by atoms with Crippen molar-refractivity contribution in [1.82, 2.24) is 9.78 Å². The molecular formula is C19H20ClN3O. The summed E-state index contributed by atoms with van der Waals surface area (Å²) in [5.41, 5.74) is 7.59. The third kappa shape index (κ3) is 3.10. The summed E-state index contributed by atoms with van der Waals surface area (Å²) in [6.07, 6.45) is 8.86. The highest BCUT2D eigenvalue weighted by Crippen LogP contribution is 2.42. The van der Waals surface area contributed by atoms with Gasteiger partial charge < -0.3 is 5.73 Å². The Bertz CT molecular complexity index is 829. The number of rotatable bonds is 3. The number of benzene rings is 1. The van der Waals surface area contributed by atoms with Crippen LogP contribution >= 0.6 is 11.6 Å². The highest BCUT2D eigenvalue weighted by Gasteiger charge is 2.36. The molecule has 2 N–H and O–H groups in total. The molecule has 0 saturated heterocycles. The lowest BCUT2D eigenvalue weighted by Crippen LogP contribution is -2.41. The van der Waals surface area contributed by atoms with Crippen LogP contribution in [0.15, 0.2) is 41.2 Å². The molecule has 0 atom stereocenters. The lowest BCUT2D eigenvalue weighted by atomic mass is 9.68. The topological polar surface area (TPSA) is 60.9 Å². The number of nitrogens with zero attached hydrogens (tertiary/aromatic N) is 2. The molecule has 0 bridgehead atoms. The Balaban J connectivity index is 1.85. The molecule has 1 aromatic heterocycles. The smallest absolute Gasteiger partial charge is 0.267 e. The Hall–Kier alpha value is -2.09. The second kappa shape index (κ2) is 6.80. The molecule has 0 aliphatic heterocycles. The monoisotopic (exact) mass is 341 g/mol. The van der Waals surface area contributed by atoms with E-state index in [0.717, 1.165) is 30.7 Å². The maximum atomic E-state index is 12.1. The minimum atomic E-state index is -0.109. The van der Waals surface area contributed by atoms with Crippen LogP contribution in [0.1, 0.15) is 43.0 Å². The Morgan fingerprint density at radius 1 is 1.33 bits per heavy atom. The van der Waals surface area contributed by atoms with Gasteiger partial charge >= 0.3 is 0 Å². The summed E-state index contributed by atoms with van der Waals surface area (Å²) in [6.45, 7) is 0.562. The van der Waals surface area contributed by atoms with Crippen LogP contribution in [0.2, 0.25) is 5.02 Å². The predicted molar refractivity (Wildman–Crippen MR) is 96.1 cm³/mol. The van der Waals surface area contributed by atoms with Crippen molar-refractivity contribution < 1.29 is 0 Å². The van der Waals surface area contributed by atoms with E-state index in [1.54, 1.807) is 6.07 Å². The Morgan fingerprint density at radius 3 is 2.71 bits per heavy atom. The third-order valence-corrected chi connectivity index (χ3v) is 5.29. The van der Waals surface area contributed by atoms with Gasteiger partial charge in [0.1, 0.15) is 5.69 Å². The van der Waals surface area contributed by atoms with Crippen LogP contribution in [0.5, 0.6) is 0 Å². The Labute approximate surface area is 146 Å². The SMILES string of the molecule is C#Cc1ccc(=O)n(C2CCC(CN)(c3cccc(Cl)c3)CC2)n1. The van der Waals surface area contributed by atoms with Gasteiger partial charge in [-0.3, -0.25) is 4.79 Å². The van der Waals surface area contributed by atoms with E-state index in [-0.39, 0.29) is 17.0 Å². The van der Waals surface area contributed by atoms with E-state index in [1.807, 2.05) is 18.2 Å². The van der Waals surface area contributed by atoms with Gasteiger partial charge in [0.25, 0.3) is 5.56 Å². The first-order chi connectivity index (χ1) is 11.6. The van der Waals surface area contributed by atoms with Gasteiger partial charge in [-0.05, 0) is 55.4 Å². The van der Waals surface area contributed by atoms with Crippen molar-refractivity contribution in [3.05, 3.63) is 63.0 Å². The van der Waals surface area contributed by atoms with Crippen LogP contribution in [0.3, 0.4) is 0 Å². The van der Waals surface area contributed by atoms with Gasteiger partial charge in [-0.25, -0.2) is 4.68 Å². The average Bonchev–Trinajstić information content (AvgIpc) is 2.62. The van der Waals surface area contributed by atoms with Crippen LogP contribution in [0.25, 0.3) is 0 Å². The molecule has 3 rings (SSSR count). The predicted octanol–water partition coefficient (Wildman–Crippen LogP) is 2.89. The molecular weight excluding hydrogens is 322 g/mol. The van der Waals surface area contributed by atoms with Crippen molar-refractivity contribution >= 4 is 11.6 Å². The molecule has 0 amide bonds. The maximum absolute atomic E-state index is 12.1. The third-order valence-electron chi connectivity index (χ3n) is 5.06. The zero-order chi connectivity index (χ0) is 17.2. The molecule has 4 nitrogen and oxygen atoms in total. The van der Waals surface area contributed by atoms with Crippen molar-refractivity contribution in [2.24, 2.45) is 5.73 Å². The van der Waals surface area contributed by atoms with E-state index >= 15 is 0 Å². The lowest BCUT2D eigenvalue weighted by Gasteiger charge is -2.40. The molecule has 1 fully saturated rings. The van der Waals surface area contributed by atoms with Gasteiger partial charge in [0.05, 0.1) is 6.04 Å². The molecule has 1 heterocycles. The zero-order valence-corrected chi connectivity index (χ0v) is 14.2. The fourth-order valence-electron chi connectivity index (χ4n) is 3.59. The Morgan fingerprint density at radius 2 is 2.08 bits per heavy atom. The van der Waals surface area contributed by atoms with Crippen LogP contribution in [-0.4, -0.2) is 16.3 Å². The average molecular weight is 342 g/mol. The molecule has 0 radical (unpaired) electrons. The number of halogens is 1. The molecule has 24 heavy (non-hydrogen) atoms. The molecule has 1 aromatic carbocycles. The van der Waals surface area contributed by atoms with Crippen molar-refractivity contribution in [2.45, 2.75) is 37.1 Å². The van der Waals surface area contributed by atoms with E-state index in [9.17, 15) is 4.79 Å². The summed E-state index contributed by atoms with van der Waals surface area (Å²) in [7, 11) is 0. The molecule has 1 aliphatic rings. The number of aromatic nitrogens is 2. The maximum Gasteiger partial charge on any atom is 0.267 e. The van der Waals surface area contributed by atoms with E-state index in [4.69, 9.17) is 23.8 Å². The van der Waals surface area contributed by atoms with Crippen molar-refractivity contribution in [3.63, 3.8) is 0 Å². The number of hydrogen-bond donors (Lipinski definition) is 1. The zero-order valence-electron chi connectivity index (χ0n) is 13.4. The van der Waals surface area contributed by atoms with Gasteiger partial charge in [0.2, 0.25) is 0 Å². The van der Waals surface area contributed by atoms with Crippen molar-refractivity contribution in [3.8, 4) is 12.3 Å². The van der Waals surface area contributed by atoms with Gasteiger partial charge in [-0.2, -0.15) is 5.10 Å². The quantitative estimate of drug-likeness (QED) is 0.873. The second-order valence-corrected chi connectivity index (χ2v) is 6.81. The summed E-state index contributed by atoms with van der Waals surface area (Å²) in [4.78, 5) is 12.1. The van der Waals surface area contributed by atoms with E-state index in [2.05, 4.69) is 17.1 Å².